The maximum atomic E-state index is 12.5. The first-order valence-corrected chi connectivity index (χ1v) is 11.1. The minimum atomic E-state index is -4.04. The molecule has 0 saturated carbocycles. The van der Waals surface area contributed by atoms with E-state index in [9.17, 15) is 23.3 Å². The number of ether oxygens (including phenoxy) is 2. The Bertz CT molecular complexity index is 1280. The van der Waals surface area contributed by atoms with Gasteiger partial charge in [0.05, 0.1) is 24.0 Å². The fourth-order valence-electron chi connectivity index (χ4n) is 2.97. The standard InChI is InChI=1S/C22H21N3O7S/c1-31-19-10-11-21(32-2)16(12-19)14-23-22(26)15-6-8-17(9-7-15)24-33(29,30)20-5-3-4-18(13-20)25(27)28/h3-13,24H,14H2,1-2H3,(H,23,26). The van der Waals surface area contributed by atoms with Crippen LogP contribution in [0.15, 0.2) is 71.6 Å². The van der Waals surface area contributed by atoms with Crippen molar-refractivity contribution in [2.45, 2.75) is 11.4 Å². The molecule has 1 amide bonds. The Morgan fingerprint density at radius 2 is 1.73 bits per heavy atom. The Kier molecular flexibility index (Phi) is 7.13. The molecule has 0 aliphatic carbocycles. The van der Waals surface area contributed by atoms with E-state index in [0.29, 0.717) is 17.1 Å². The quantitative estimate of drug-likeness (QED) is 0.361. The van der Waals surface area contributed by atoms with Gasteiger partial charge in [-0.1, -0.05) is 6.07 Å². The van der Waals surface area contributed by atoms with Crippen molar-refractivity contribution in [2.75, 3.05) is 18.9 Å². The summed E-state index contributed by atoms with van der Waals surface area (Å²) in [6.45, 7) is 0.195. The molecular weight excluding hydrogens is 450 g/mol. The van der Waals surface area contributed by atoms with Crippen LogP contribution in [0.1, 0.15) is 15.9 Å². The van der Waals surface area contributed by atoms with E-state index in [0.717, 1.165) is 11.6 Å². The van der Waals surface area contributed by atoms with Crippen molar-refractivity contribution in [3.05, 3.63) is 88.0 Å². The van der Waals surface area contributed by atoms with Gasteiger partial charge in [0.25, 0.3) is 21.6 Å². The summed E-state index contributed by atoms with van der Waals surface area (Å²) in [5.74, 6) is 0.857. The molecule has 0 fully saturated rings. The smallest absolute Gasteiger partial charge is 0.270 e. The van der Waals surface area contributed by atoms with E-state index in [-0.39, 0.29) is 28.7 Å². The topological polar surface area (TPSA) is 137 Å². The molecule has 2 N–H and O–H groups in total. The number of non-ortho nitro benzene ring substituents is 1. The first-order chi connectivity index (χ1) is 15.7. The molecule has 11 heteroatoms. The second kappa shape index (κ2) is 10.0. The van der Waals surface area contributed by atoms with Gasteiger partial charge in [0.15, 0.2) is 0 Å². The molecule has 10 nitrogen and oxygen atoms in total. The minimum absolute atomic E-state index is 0.195. The summed E-state index contributed by atoms with van der Waals surface area (Å²) in [7, 11) is -0.975. The normalized spacial score (nSPS) is 10.8. The van der Waals surface area contributed by atoms with Crippen molar-refractivity contribution < 1.29 is 27.6 Å². The molecule has 3 rings (SSSR count). The van der Waals surface area contributed by atoms with Crippen LogP contribution >= 0.6 is 0 Å². The number of hydrogen-bond donors (Lipinski definition) is 2. The van der Waals surface area contributed by atoms with E-state index >= 15 is 0 Å². The van der Waals surface area contributed by atoms with Gasteiger partial charge in [-0.25, -0.2) is 8.42 Å². The molecule has 3 aromatic carbocycles. The number of carbonyl (C=O) groups is 1. The third kappa shape index (κ3) is 5.77. The van der Waals surface area contributed by atoms with Crippen molar-refractivity contribution in [1.29, 1.82) is 0 Å². The molecule has 0 aromatic heterocycles. The van der Waals surface area contributed by atoms with Crippen molar-refractivity contribution in [1.82, 2.24) is 5.32 Å². The first-order valence-electron chi connectivity index (χ1n) is 9.60. The van der Waals surface area contributed by atoms with Crippen LogP contribution in [-0.4, -0.2) is 33.5 Å². The van der Waals surface area contributed by atoms with Crippen LogP contribution in [0.25, 0.3) is 0 Å². The summed E-state index contributed by atoms with van der Waals surface area (Å²) in [6.07, 6.45) is 0. The minimum Gasteiger partial charge on any atom is -0.497 e. The van der Waals surface area contributed by atoms with Crippen LogP contribution in [0.3, 0.4) is 0 Å². The second-order valence-corrected chi connectivity index (χ2v) is 8.48. The van der Waals surface area contributed by atoms with Gasteiger partial charge in [-0.15, -0.1) is 0 Å². The number of anilines is 1. The van der Waals surface area contributed by atoms with Crippen LogP contribution in [-0.2, 0) is 16.6 Å². The lowest BCUT2D eigenvalue weighted by molar-refractivity contribution is -0.385. The zero-order chi connectivity index (χ0) is 24.0. The largest absolute Gasteiger partial charge is 0.497 e. The summed E-state index contributed by atoms with van der Waals surface area (Å²) in [6, 6.07) is 15.7. The lowest BCUT2D eigenvalue weighted by Gasteiger charge is -2.12. The molecule has 0 aliphatic heterocycles. The van der Waals surface area contributed by atoms with Gasteiger partial charge in [0, 0.05) is 35.5 Å². The molecular formula is C22H21N3O7S. The van der Waals surface area contributed by atoms with Gasteiger partial charge in [-0.2, -0.15) is 0 Å². The highest BCUT2D eigenvalue weighted by Crippen LogP contribution is 2.24. The molecule has 0 unspecified atom stereocenters. The maximum absolute atomic E-state index is 12.5. The van der Waals surface area contributed by atoms with E-state index in [1.807, 2.05) is 0 Å². The predicted octanol–water partition coefficient (Wildman–Crippen LogP) is 3.34. The number of carbonyl (C=O) groups excluding carboxylic acids is 1. The van der Waals surface area contributed by atoms with E-state index in [4.69, 9.17) is 9.47 Å². The Morgan fingerprint density at radius 3 is 2.36 bits per heavy atom. The van der Waals surface area contributed by atoms with Gasteiger partial charge >= 0.3 is 0 Å². The van der Waals surface area contributed by atoms with E-state index < -0.39 is 14.9 Å². The van der Waals surface area contributed by atoms with Crippen molar-refractivity contribution in [3.63, 3.8) is 0 Å². The van der Waals surface area contributed by atoms with Crippen LogP contribution in [0, 0.1) is 10.1 Å². The molecule has 0 spiro atoms. The third-order valence-corrected chi connectivity index (χ3v) is 6.04. The zero-order valence-electron chi connectivity index (χ0n) is 17.8. The lowest BCUT2D eigenvalue weighted by Crippen LogP contribution is -2.23. The number of nitro groups is 1. The van der Waals surface area contributed by atoms with E-state index in [1.165, 1.54) is 49.6 Å². The summed E-state index contributed by atoms with van der Waals surface area (Å²) in [5, 5.41) is 13.7. The van der Waals surface area contributed by atoms with Gasteiger partial charge < -0.3 is 14.8 Å². The van der Waals surface area contributed by atoms with Crippen LogP contribution in [0.4, 0.5) is 11.4 Å². The highest BCUT2D eigenvalue weighted by Gasteiger charge is 2.18. The number of nitrogens with zero attached hydrogens (tertiary/aromatic N) is 1. The highest BCUT2D eigenvalue weighted by molar-refractivity contribution is 7.92. The van der Waals surface area contributed by atoms with Crippen LogP contribution in [0.5, 0.6) is 11.5 Å². The summed E-state index contributed by atoms with van der Waals surface area (Å²) in [5.41, 5.74) is 0.909. The van der Waals surface area contributed by atoms with Gasteiger partial charge in [-0.3, -0.25) is 19.6 Å². The molecule has 0 saturated heterocycles. The fraction of sp³-hybridized carbons (Fsp3) is 0.136. The molecule has 0 heterocycles. The van der Waals surface area contributed by atoms with Gasteiger partial charge in [0.2, 0.25) is 0 Å². The number of sulfonamides is 1. The number of amides is 1. The molecule has 0 bridgehead atoms. The number of rotatable bonds is 9. The Labute approximate surface area is 190 Å². The average molecular weight is 471 g/mol. The number of benzene rings is 3. The Hall–Kier alpha value is -4.12. The average Bonchev–Trinajstić information content (AvgIpc) is 2.82. The van der Waals surface area contributed by atoms with E-state index in [2.05, 4.69) is 10.0 Å². The Balaban J connectivity index is 1.68. The molecule has 3 aromatic rings. The molecule has 0 radical (unpaired) electrons. The molecule has 33 heavy (non-hydrogen) atoms. The van der Waals surface area contributed by atoms with Crippen molar-refractivity contribution in [3.8, 4) is 11.5 Å². The van der Waals surface area contributed by atoms with Crippen LogP contribution in [0.2, 0.25) is 0 Å². The summed E-state index contributed by atoms with van der Waals surface area (Å²) < 4.78 is 37.9. The maximum Gasteiger partial charge on any atom is 0.270 e. The van der Waals surface area contributed by atoms with Crippen LogP contribution < -0.4 is 19.5 Å². The molecule has 0 atom stereocenters. The zero-order valence-corrected chi connectivity index (χ0v) is 18.6. The van der Waals surface area contributed by atoms with Crippen molar-refractivity contribution in [2.24, 2.45) is 0 Å². The van der Waals surface area contributed by atoms with E-state index in [1.54, 1.807) is 25.3 Å². The summed E-state index contributed by atoms with van der Waals surface area (Å²) in [4.78, 5) is 22.5. The van der Waals surface area contributed by atoms with Gasteiger partial charge in [0.1, 0.15) is 11.5 Å². The SMILES string of the molecule is COc1ccc(OC)c(CNC(=O)c2ccc(NS(=O)(=O)c3cccc([N+](=O)[O-])c3)cc2)c1. The molecule has 0 aliphatic rings. The third-order valence-electron chi connectivity index (χ3n) is 4.67. The second-order valence-electron chi connectivity index (χ2n) is 6.80. The number of nitrogens with one attached hydrogen (secondary N) is 2. The fourth-order valence-corrected chi connectivity index (χ4v) is 4.06. The Morgan fingerprint density at radius 1 is 1.00 bits per heavy atom. The number of nitro benzene ring substituents is 1. The predicted molar refractivity (Wildman–Crippen MR) is 121 cm³/mol. The first kappa shape index (κ1) is 23.5. The lowest BCUT2D eigenvalue weighted by atomic mass is 10.1. The summed E-state index contributed by atoms with van der Waals surface area (Å²) >= 11 is 0. The molecule has 172 valence electrons. The highest BCUT2D eigenvalue weighted by atomic mass is 32.2. The monoisotopic (exact) mass is 471 g/mol. The van der Waals surface area contributed by atoms with Gasteiger partial charge in [-0.05, 0) is 48.5 Å². The number of hydrogen-bond acceptors (Lipinski definition) is 7. The number of methoxy groups -OCH3 is 2. The van der Waals surface area contributed by atoms with Crippen molar-refractivity contribution >= 4 is 27.3 Å².